The third-order valence-corrected chi connectivity index (χ3v) is 8.32. The Morgan fingerprint density at radius 2 is 1.08 bits per heavy atom. The summed E-state index contributed by atoms with van der Waals surface area (Å²) in [6, 6.07) is 8.75. The van der Waals surface area contributed by atoms with Gasteiger partial charge in [0.1, 0.15) is 17.6 Å². The van der Waals surface area contributed by atoms with Crippen LogP contribution in [-0.4, -0.2) is 19.3 Å². The maximum absolute atomic E-state index is 14.3. The Bertz CT molecular complexity index is 1160. The fourth-order valence-electron chi connectivity index (χ4n) is 4.47. The lowest BCUT2D eigenvalue weighted by atomic mass is 9.75. The van der Waals surface area contributed by atoms with E-state index in [4.69, 9.17) is 18.3 Å². The second-order valence-corrected chi connectivity index (χ2v) is 16.2. The van der Waals surface area contributed by atoms with Crippen LogP contribution in [0.5, 0.6) is 11.5 Å². The molecule has 4 rings (SSSR count). The van der Waals surface area contributed by atoms with Gasteiger partial charge in [0.25, 0.3) is 0 Å². The second kappa shape index (κ2) is 8.86. The van der Waals surface area contributed by atoms with Gasteiger partial charge in [-0.3, -0.25) is 4.52 Å². The van der Waals surface area contributed by atoms with Crippen molar-refractivity contribution < 1.29 is 22.9 Å². The highest BCUT2D eigenvalue weighted by atomic mass is 31.2. The van der Waals surface area contributed by atoms with E-state index < -0.39 is 7.82 Å². The smallest absolute Gasteiger partial charge is 0.394 e. The van der Waals surface area contributed by atoms with Crippen LogP contribution in [0.4, 0.5) is 0 Å². The zero-order valence-electron chi connectivity index (χ0n) is 24.8. The van der Waals surface area contributed by atoms with E-state index in [2.05, 4.69) is 107 Å². The van der Waals surface area contributed by atoms with Crippen molar-refractivity contribution in [3.8, 4) is 22.6 Å². The molecule has 0 spiro atoms. The third kappa shape index (κ3) is 5.95. The first-order valence-corrected chi connectivity index (χ1v) is 14.8. The summed E-state index contributed by atoms with van der Waals surface area (Å²) in [5, 5.41) is 0. The van der Waals surface area contributed by atoms with Gasteiger partial charge < -0.3 is 13.8 Å². The quantitative estimate of drug-likeness (QED) is 0.294. The molecular formula is C31H45O5P. The standard InChI is InChI=1S/C31H45O5P/c1-28(2,3)19-13-22-23-14-20(29(4,5)6)16-25(31(10,11)12)27(23)36-37(32,34-18-21-17-33-21)35-26(22)24(15-19)30(7,8)9/h13-16,21H,17-18H2,1-12H3. The summed E-state index contributed by atoms with van der Waals surface area (Å²) in [6.45, 7) is 27.0. The Kier molecular flexibility index (Phi) is 6.76. The molecule has 6 heteroatoms. The Hall–Kier alpha value is -1.81. The van der Waals surface area contributed by atoms with Crippen molar-refractivity contribution in [2.24, 2.45) is 0 Å². The monoisotopic (exact) mass is 528 g/mol. The van der Waals surface area contributed by atoms with E-state index in [0.717, 1.165) is 22.3 Å². The summed E-state index contributed by atoms with van der Waals surface area (Å²) in [6.07, 6.45) is -0.0732. The van der Waals surface area contributed by atoms with Crippen molar-refractivity contribution in [2.45, 2.75) is 111 Å². The minimum absolute atomic E-state index is 0.0732. The zero-order chi connectivity index (χ0) is 27.8. The molecule has 0 aromatic heterocycles. The molecule has 5 nitrogen and oxygen atoms in total. The average molecular weight is 529 g/mol. The number of fused-ring (bicyclic) bond motifs is 3. The molecule has 1 saturated heterocycles. The van der Waals surface area contributed by atoms with E-state index in [-0.39, 0.29) is 34.4 Å². The molecule has 0 bridgehead atoms. The summed E-state index contributed by atoms with van der Waals surface area (Å²) in [4.78, 5) is 0. The number of phosphoric ester groups is 1. The van der Waals surface area contributed by atoms with Crippen molar-refractivity contribution in [1.82, 2.24) is 0 Å². The lowest BCUT2D eigenvalue weighted by Gasteiger charge is -2.30. The van der Waals surface area contributed by atoms with Crippen LogP contribution in [0.3, 0.4) is 0 Å². The Labute approximate surface area is 223 Å². The number of hydrogen-bond acceptors (Lipinski definition) is 5. The predicted molar refractivity (Wildman–Crippen MR) is 151 cm³/mol. The van der Waals surface area contributed by atoms with Gasteiger partial charge in [0.15, 0.2) is 0 Å². The van der Waals surface area contributed by atoms with Gasteiger partial charge >= 0.3 is 7.82 Å². The molecule has 2 aliphatic heterocycles. The Morgan fingerprint density at radius 1 is 0.703 bits per heavy atom. The average Bonchev–Trinajstić information content (AvgIpc) is 3.54. The maximum atomic E-state index is 14.3. The maximum Gasteiger partial charge on any atom is 0.587 e. The molecule has 1 unspecified atom stereocenters. The molecule has 0 radical (unpaired) electrons. The highest BCUT2D eigenvalue weighted by Gasteiger charge is 2.43. The van der Waals surface area contributed by atoms with E-state index in [1.54, 1.807) is 0 Å². The molecule has 1 fully saturated rings. The topological polar surface area (TPSA) is 57.3 Å². The fourth-order valence-corrected chi connectivity index (χ4v) is 5.80. The first-order chi connectivity index (χ1) is 16.7. The molecule has 0 aliphatic carbocycles. The SMILES string of the molecule is CC(C)(C)c1cc2c(c(C(C)(C)C)c1)OP(=O)(OCC1CO1)Oc1c-2cc(C(C)(C)C)cc1C(C)(C)C. The van der Waals surface area contributed by atoms with E-state index >= 15 is 0 Å². The third-order valence-electron chi connectivity index (χ3n) is 7.04. The highest BCUT2D eigenvalue weighted by Crippen LogP contribution is 2.61. The van der Waals surface area contributed by atoms with Gasteiger partial charge in [-0.1, -0.05) is 95.2 Å². The second-order valence-electron chi connectivity index (χ2n) is 14.7. The summed E-state index contributed by atoms with van der Waals surface area (Å²) >= 11 is 0. The first-order valence-electron chi connectivity index (χ1n) is 13.3. The highest BCUT2D eigenvalue weighted by molar-refractivity contribution is 7.49. The number of epoxide rings is 1. The molecule has 2 aromatic rings. The summed E-state index contributed by atoms with van der Waals surface area (Å²) in [5.74, 6) is 1.15. The lowest BCUT2D eigenvalue weighted by molar-refractivity contribution is 0.190. The molecule has 1 atom stereocenters. The number of hydrogen-bond donors (Lipinski definition) is 0. The lowest BCUT2D eigenvalue weighted by Crippen LogP contribution is -2.18. The molecule has 2 aliphatic rings. The molecule has 2 heterocycles. The van der Waals surface area contributed by atoms with Crippen LogP contribution < -0.4 is 9.05 Å². The van der Waals surface area contributed by atoms with Crippen LogP contribution in [0.2, 0.25) is 0 Å². The van der Waals surface area contributed by atoms with E-state index in [1.165, 1.54) is 11.1 Å². The van der Waals surface area contributed by atoms with Gasteiger partial charge in [-0.25, -0.2) is 4.57 Å². The van der Waals surface area contributed by atoms with Crippen LogP contribution in [0.1, 0.15) is 105 Å². The van der Waals surface area contributed by atoms with Crippen LogP contribution in [-0.2, 0) is 35.5 Å². The van der Waals surface area contributed by atoms with Gasteiger partial charge in [-0.05, 0) is 44.9 Å². The number of phosphoric acid groups is 1. The molecule has 0 saturated carbocycles. The van der Waals surface area contributed by atoms with Crippen LogP contribution in [0, 0.1) is 0 Å². The van der Waals surface area contributed by atoms with Crippen LogP contribution in [0.25, 0.3) is 11.1 Å². The van der Waals surface area contributed by atoms with Gasteiger partial charge in [-0.2, -0.15) is 0 Å². The van der Waals surface area contributed by atoms with Crippen LogP contribution >= 0.6 is 7.82 Å². The minimum atomic E-state index is -4.02. The largest absolute Gasteiger partial charge is 0.587 e. The van der Waals surface area contributed by atoms with Gasteiger partial charge in [-0.15, -0.1) is 0 Å². The fraction of sp³-hybridized carbons (Fsp3) is 0.613. The van der Waals surface area contributed by atoms with Gasteiger partial charge in [0.2, 0.25) is 0 Å². The van der Waals surface area contributed by atoms with Crippen LogP contribution in [0.15, 0.2) is 24.3 Å². The van der Waals surface area contributed by atoms with Gasteiger partial charge in [0.05, 0.1) is 13.2 Å². The molecule has 0 amide bonds. The van der Waals surface area contributed by atoms with Crippen molar-refractivity contribution in [3.63, 3.8) is 0 Å². The van der Waals surface area contributed by atoms with Crippen molar-refractivity contribution in [3.05, 3.63) is 46.5 Å². The molecule has 2 aromatic carbocycles. The first kappa shape index (κ1) is 28.2. The van der Waals surface area contributed by atoms with E-state index in [0.29, 0.717) is 18.1 Å². The predicted octanol–water partition coefficient (Wildman–Crippen LogP) is 8.84. The number of ether oxygens (including phenoxy) is 1. The van der Waals surface area contributed by atoms with E-state index in [9.17, 15) is 4.57 Å². The molecule has 204 valence electrons. The summed E-state index contributed by atoms with van der Waals surface area (Å²) in [7, 11) is -4.02. The zero-order valence-corrected chi connectivity index (χ0v) is 25.7. The number of rotatable bonds is 3. The summed E-state index contributed by atoms with van der Waals surface area (Å²) < 4.78 is 38.3. The number of benzene rings is 2. The van der Waals surface area contributed by atoms with E-state index in [1.807, 2.05) is 0 Å². The minimum Gasteiger partial charge on any atom is -0.394 e. The summed E-state index contributed by atoms with van der Waals surface area (Å²) in [5.41, 5.74) is 5.40. The van der Waals surface area contributed by atoms with Crippen molar-refractivity contribution in [1.29, 1.82) is 0 Å². The molecule has 0 N–H and O–H groups in total. The molecular weight excluding hydrogens is 483 g/mol. The van der Waals surface area contributed by atoms with Gasteiger partial charge in [0, 0.05) is 22.3 Å². The normalized spacial score (nSPS) is 19.3. The van der Waals surface area contributed by atoms with Crippen molar-refractivity contribution >= 4 is 7.82 Å². The molecule has 37 heavy (non-hydrogen) atoms. The Balaban J connectivity index is 2.13. The Morgan fingerprint density at radius 3 is 1.38 bits per heavy atom. The van der Waals surface area contributed by atoms with Crippen molar-refractivity contribution in [2.75, 3.05) is 13.2 Å².